The molecule has 1 amide bonds. The predicted octanol–water partition coefficient (Wildman–Crippen LogP) is 1.08. The number of hydrogen-bond donors (Lipinski definition) is 4. The predicted molar refractivity (Wildman–Crippen MR) is 118 cm³/mol. The molecule has 0 aliphatic heterocycles. The molecule has 1 aromatic rings. The average molecular weight is 426 g/mol. The first kappa shape index (κ1) is 26.2. The van der Waals surface area contributed by atoms with E-state index in [-0.39, 0.29) is 19.0 Å². The molecule has 30 heavy (non-hydrogen) atoms. The zero-order valence-corrected chi connectivity index (χ0v) is 18.7. The summed E-state index contributed by atoms with van der Waals surface area (Å²) in [4.78, 5) is 10.8. The second kappa shape index (κ2) is 14.2. The quantitative estimate of drug-likeness (QED) is 0.292. The normalized spacial score (nSPS) is 14.4. The van der Waals surface area contributed by atoms with E-state index in [0.717, 1.165) is 18.4 Å². The second-order valence-corrected chi connectivity index (χ2v) is 7.95. The van der Waals surface area contributed by atoms with Crippen LogP contribution in [0.2, 0.25) is 0 Å². The van der Waals surface area contributed by atoms with E-state index >= 15 is 0 Å². The van der Waals surface area contributed by atoms with Crippen molar-refractivity contribution in [1.82, 2.24) is 5.32 Å². The number of methoxy groups -OCH3 is 2. The molecule has 0 aliphatic carbocycles. The summed E-state index contributed by atoms with van der Waals surface area (Å²) in [6.45, 7) is 5.76. The van der Waals surface area contributed by atoms with Gasteiger partial charge in [-0.2, -0.15) is 0 Å². The third kappa shape index (κ3) is 9.75. The van der Waals surface area contributed by atoms with Crippen molar-refractivity contribution in [1.29, 1.82) is 0 Å². The number of amides is 1. The minimum Gasteiger partial charge on any atom is -0.493 e. The van der Waals surface area contributed by atoms with Gasteiger partial charge in [0.2, 0.25) is 5.91 Å². The zero-order valence-electron chi connectivity index (χ0n) is 18.7. The van der Waals surface area contributed by atoms with Gasteiger partial charge in [-0.1, -0.05) is 19.9 Å². The van der Waals surface area contributed by atoms with Crippen molar-refractivity contribution < 1.29 is 24.1 Å². The van der Waals surface area contributed by atoms with Gasteiger partial charge in [0, 0.05) is 32.7 Å². The Kier molecular flexibility index (Phi) is 12.4. The first-order valence-electron chi connectivity index (χ1n) is 10.5. The molecular weight excluding hydrogens is 386 g/mol. The summed E-state index contributed by atoms with van der Waals surface area (Å²) in [5, 5.41) is 13.1. The molecule has 0 spiro atoms. The molecule has 1 rings (SSSR count). The van der Waals surface area contributed by atoms with Gasteiger partial charge in [-0.25, -0.2) is 0 Å². The molecule has 3 atom stereocenters. The Morgan fingerprint density at radius 3 is 2.53 bits per heavy atom. The highest BCUT2D eigenvalue weighted by Gasteiger charge is 2.23. The number of nitrogens with one attached hydrogen (secondary N) is 1. The fourth-order valence-corrected chi connectivity index (χ4v) is 3.24. The molecule has 8 heteroatoms. The minimum atomic E-state index is -0.749. The standard InChI is InChI=1S/C22H39N3O5/c1-15(2)17(12-18(23)19(26)13-25-14-22(24)27)10-16-6-7-20(29-4)21(11-16)30-9-5-8-28-3/h6-7,11,15,17-19,25-26H,5,8-10,12-14,23H2,1-4H3,(H2,24,27)/t17-,18-,19-/m0/s1. The summed E-state index contributed by atoms with van der Waals surface area (Å²) in [7, 11) is 3.29. The highest BCUT2D eigenvalue weighted by molar-refractivity contribution is 5.75. The van der Waals surface area contributed by atoms with E-state index in [1.54, 1.807) is 14.2 Å². The van der Waals surface area contributed by atoms with Gasteiger partial charge in [-0.05, 0) is 42.4 Å². The van der Waals surface area contributed by atoms with Gasteiger partial charge in [0.15, 0.2) is 11.5 Å². The van der Waals surface area contributed by atoms with E-state index in [0.29, 0.717) is 37.1 Å². The van der Waals surface area contributed by atoms with E-state index in [1.165, 1.54) is 0 Å². The van der Waals surface area contributed by atoms with E-state index in [2.05, 4.69) is 19.2 Å². The summed E-state index contributed by atoms with van der Waals surface area (Å²) in [6, 6.07) is 5.56. The van der Waals surface area contributed by atoms with Crippen LogP contribution in [0, 0.1) is 11.8 Å². The summed E-state index contributed by atoms with van der Waals surface area (Å²) in [5.41, 5.74) is 12.5. The van der Waals surface area contributed by atoms with E-state index in [1.807, 2.05) is 18.2 Å². The Balaban J connectivity index is 2.73. The van der Waals surface area contributed by atoms with Gasteiger partial charge in [0.05, 0.1) is 26.4 Å². The van der Waals surface area contributed by atoms with Gasteiger partial charge in [0.1, 0.15) is 0 Å². The van der Waals surface area contributed by atoms with Crippen LogP contribution >= 0.6 is 0 Å². The number of carbonyl (C=O) groups excluding carboxylic acids is 1. The van der Waals surface area contributed by atoms with Crippen molar-refractivity contribution in [2.45, 2.75) is 45.3 Å². The van der Waals surface area contributed by atoms with Crippen LogP contribution in [0.3, 0.4) is 0 Å². The molecule has 0 aromatic heterocycles. The van der Waals surface area contributed by atoms with Crippen molar-refractivity contribution in [2.24, 2.45) is 23.3 Å². The van der Waals surface area contributed by atoms with E-state index in [9.17, 15) is 9.90 Å². The van der Waals surface area contributed by atoms with Crippen LogP contribution in [-0.2, 0) is 16.0 Å². The first-order valence-corrected chi connectivity index (χ1v) is 10.5. The molecular formula is C22H39N3O5. The minimum absolute atomic E-state index is 0.0242. The Hall–Kier alpha value is -1.87. The van der Waals surface area contributed by atoms with Gasteiger partial charge in [0.25, 0.3) is 0 Å². The maximum absolute atomic E-state index is 10.8. The van der Waals surface area contributed by atoms with Crippen LogP contribution < -0.4 is 26.3 Å². The molecule has 0 aliphatic rings. The largest absolute Gasteiger partial charge is 0.493 e. The Morgan fingerprint density at radius 2 is 1.93 bits per heavy atom. The first-order chi connectivity index (χ1) is 14.3. The number of carbonyl (C=O) groups is 1. The third-order valence-electron chi connectivity index (χ3n) is 5.14. The zero-order chi connectivity index (χ0) is 22.5. The number of primary amides is 1. The summed E-state index contributed by atoms with van der Waals surface area (Å²) >= 11 is 0. The lowest BCUT2D eigenvalue weighted by atomic mass is 9.83. The van der Waals surface area contributed by atoms with Crippen LogP contribution in [0.5, 0.6) is 11.5 Å². The molecule has 0 unspecified atom stereocenters. The highest BCUT2D eigenvalue weighted by atomic mass is 16.5. The summed E-state index contributed by atoms with van der Waals surface area (Å²) < 4.78 is 16.4. The van der Waals surface area contributed by atoms with Crippen LogP contribution in [0.25, 0.3) is 0 Å². The molecule has 0 fully saturated rings. The van der Waals surface area contributed by atoms with Gasteiger partial charge in [-0.3, -0.25) is 4.79 Å². The Bertz CT molecular complexity index is 627. The smallest absolute Gasteiger partial charge is 0.231 e. The van der Waals surface area contributed by atoms with Crippen molar-refractivity contribution in [3.63, 3.8) is 0 Å². The van der Waals surface area contributed by atoms with E-state index in [4.69, 9.17) is 25.7 Å². The van der Waals surface area contributed by atoms with Crippen LogP contribution in [-0.4, -0.2) is 63.7 Å². The number of benzene rings is 1. The number of ether oxygens (including phenoxy) is 3. The number of rotatable bonds is 16. The molecule has 0 bridgehead atoms. The van der Waals surface area contributed by atoms with Crippen molar-refractivity contribution in [2.75, 3.05) is 40.5 Å². The Labute approximate surface area is 180 Å². The van der Waals surface area contributed by atoms with Crippen LogP contribution in [0.1, 0.15) is 32.3 Å². The molecule has 0 radical (unpaired) electrons. The molecule has 0 saturated heterocycles. The van der Waals surface area contributed by atoms with E-state index < -0.39 is 18.1 Å². The molecule has 0 saturated carbocycles. The topological polar surface area (TPSA) is 129 Å². The van der Waals surface area contributed by atoms with Crippen LogP contribution in [0.15, 0.2) is 18.2 Å². The number of aliphatic hydroxyl groups is 1. The molecule has 0 heterocycles. The van der Waals surface area contributed by atoms with Crippen molar-refractivity contribution in [3.05, 3.63) is 23.8 Å². The van der Waals surface area contributed by atoms with Crippen LogP contribution in [0.4, 0.5) is 0 Å². The summed E-state index contributed by atoms with van der Waals surface area (Å²) in [6.07, 6.45) is 1.52. The van der Waals surface area contributed by atoms with Crippen molar-refractivity contribution in [3.8, 4) is 11.5 Å². The second-order valence-electron chi connectivity index (χ2n) is 7.95. The monoisotopic (exact) mass is 425 g/mol. The average Bonchev–Trinajstić information content (AvgIpc) is 2.70. The Morgan fingerprint density at radius 1 is 1.20 bits per heavy atom. The molecule has 8 nitrogen and oxygen atoms in total. The van der Waals surface area contributed by atoms with Gasteiger partial charge < -0.3 is 36.1 Å². The fourth-order valence-electron chi connectivity index (χ4n) is 3.24. The highest BCUT2D eigenvalue weighted by Crippen LogP contribution is 2.31. The SMILES string of the molecule is COCCCOc1cc(C[C@@H](C[C@H](N)[C@@H](O)CNCC(N)=O)C(C)C)ccc1OC. The fraction of sp³-hybridized carbons (Fsp3) is 0.682. The maximum Gasteiger partial charge on any atom is 0.231 e. The number of nitrogens with two attached hydrogens (primary N) is 2. The lowest BCUT2D eigenvalue weighted by molar-refractivity contribution is -0.117. The third-order valence-corrected chi connectivity index (χ3v) is 5.14. The molecule has 6 N–H and O–H groups in total. The molecule has 1 aromatic carbocycles. The number of aliphatic hydroxyl groups excluding tert-OH is 1. The lowest BCUT2D eigenvalue weighted by Gasteiger charge is -2.27. The van der Waals surface area contributed by atoms with Gasteiger partial charge in [-0.15, -0.1) is 0 Å². The van der Waals surface area contributed by atoms with Gasteiger partial charge >= 0.3 is 0 Å². The maximum atomic E-state index is 10.8. The number of hydrogen-bond acceptors (Lipinski definition) is 7. The summed E-state index contributed by atoms with van der Waals surface area (Å²) in [5.74, 6) is 1.62. The molecule has 172 valence electrons. The van der Waals surface area contributed by atoms with Crippen molar-refractivity contribution >= 4 is 5.91 Å². The lowest BCUT2D eigenvalue weighted by Crippen LogP contribution is -2.45.